The van der Waals surface area contributed by atoms with E-state index in [0.29, 0.717) is 26.2 Å². The lowest BCUT2D eigenvalue weighted by Gasteiger charge is -2.21. The predicted octanol–water partition coefficient (Wildman–Crippen LogP) is 1.47. The highest BCUT2D eigenvalue weighted by molar-refractivity contribution is 5.92. The summed E-state index contributed by atoms with van der Waals surface area (Å²) in [5.74, 6) is -0.205. The molecule has 1 amide bonds. The number of nitrogens with zero attached hydrogens (tertiary/aromatic N) is 3. The Labute approximate surface area is 144 Å². The van der Waals surface area contributed by atoms with Crippen LogP contribution in [-0.4, -0.2) is 63.2 Å². The topological polar surface area (TPSA) is 85.6 Å². The molecule has 0 bridgehead atoms. The number of aliphatic hydroxyl groups excluding tert-OH is 1. The first kappa shape index (κ1) is 15.9. The summed E-state index contributed by atoms with van der Waals surface area (Å²) in [5, 5.41) is 15.2. The molecule has 1 atom stereocenters. The van der Waals surface area contributed by atoms with Gasteiger partial charge in [0.15, 0.2) is 5.69 Å². The van der Waals surface area contributed by atoms with Crippen LogP contribution in [0.5, 0.6) is 0 Å². The van der Waals surface area contributed by atoms with Gasteiger partial charge in [0, 0.05) is 50.5 Å². The molecule has 3 heterocycles. The van der Waals surface area contributed by atoms with E-state index in [0.717, 1.165) is 12.1 Å². The average Bonchev–Trinajstić information content (AvgIpc) is 3.25. The van der Waals surface area contributed by atoms with Crippen molar-refractivity contribution in [3.8, 4) is 0 Å². The molecule has 1 aliphatic rings. The molecule has 0 saturated carbocycles. The third-order valence-corrected chi connectivity index (χ3v) is 4.55. The van der Waals surface area contributed by atoms with E-state index < -0.39 is 6.10 Å². The van der Waals surface area contributed by atoms with Gasteiger partial charge in [0.05, 0.1) is 6.10 Å². The third-order valence-electron chi connectivity index (χ3n) is 4.55. The fourth-order valence-corrected chi connectivity index (χ4v) is 3.33. The SMILES string of the molecule is O=C(c1ccon1)N1CCN(Cc2ccc3[nH]ccc3c2)C[C@H](O)C1. The van der Waals surface area contributed by atoms with E-state index in [9.17, 15) is 9.90 Å². The number of aliphatic hydroxyl groups is 1. The molecular weight excluding hydrogens is 320 g/mol. The highest BCUT2D eigenvalue weighted by Crippen LogP contribution is 2.17. The van der Waals surface area contributed by atoms with Gasteiger partial charge in [0.25, 0.3) is 5.91 Å². The van der Waals surface area contributed by atoms with Gasteiger partial charge >= 0.3 is 0 Å². The number of H-pyrrole nitrogens is 1. The number of aromatic amines is 1. The molecule has 1 fully saturated rings. The molecule has 0 unspecified atom stereocenters. The maximum Gasteiger partial charge on any atom is 0.276 e. The van der Waals surface area contributed by atoms with E-state index in [1.165, 1.54) is 17.2 Å². The second-order valence-electron chi connectivity index (χ2n) is 6.42. The van der Waals surface area contributed by atoms with E-state index >= 15 is 0 Å². The lowest BCUT2D eigenvalue weighted by atomic mass is 10.1. The van der Waals surface area contributed by atoms with Crippen LogP contribution >= 0.6 is 0 Å². The number of rotatable bonds is 3. The van der Waals surface area contributed by atoms with Crippen LogP contribution in [0.1, 0.15) is 16.1 Å². The molecule has 25 heavy (non-hydrogen) atoms. The molecule has 1 aromatic carbocycles. The minimum atomic E-state index is -0.589. The van der Waals surface area contributed by atoms with Crippen molar-refractivity contribution < 1.29 is 14.4 Å². The van der Waals surface area contributed by atoms with Crippen molar-refractivity contribution in [2.24, 2.45) is 0 Å². The lowest BCUT2D eigenvalue weighted by Crippen LogP contribution is -2.37. The molecule has 1 saturated heterocycles. The zero-order valence-electron chi connectivity index (χ0n) is 13.8. The Morgan fingerprint density at radius 3 is 3.04 bits per heavy atom. The first-order chi connectivity index (χ1) is 12.2. The third kappa shape index (κ3) is 3.42. The van der Waals surface area contributed by atoms with Crippen molar-refractivity contribution in [3.63, 3.8) is 0 Å². The first-order valence-electron chi connectivity index (χ1n) is 8.35. The normalized spacial score (nSPS) is 19.2. The van der Waals surface area contributed by atoms with Gasteiger partial charge in [-0.15, -0.1) is 0 Å². The van der Waals surface area contributed by atoms with Gasteiger partial charge < -0.3 is 19.5 Å². The van der Waals surface area contributed by atoms with Crippen LogP contribution in [-0.2, 0) is 6.54 Å². The predicted molar refractivity (Wildman–Crippen MR) is 92.0 cm³/mol. The number of nitrogens with one attached hydrogen (secondary N) is 1. The summed E-state index contributed by atoms with van der Waals surface area (Å²) >= 11 is 0. The van der Waals surface area contributed by atoms with Gasteiger partial charge in [-0.25, -0.2) is 0 Å². The Bertz CT molecular complexity index is 858. The summed E-state index contributed by atoms with van der Waals surface area (Å²) in [6, 6.07) is 9.91. The smallest absolute Gasteiger partial charge is 0.276 e. The van der Waals surface area contributed by atoms with Crippen molar-refractivity contribution in [3.05, 3.63) is 54.0 Å². The molecule has 2 aromatic heterocycles. The Balaban J connectivity index is 1.44. The second kappa shape index (κ2) is 6.70. The second-order valence-corrected chi connectivity index (χ2v) is 6.42. The Kier molecular flexibility index (Phi) is 4.25. The maximum absolute atomic E-state index is 12.4. The first-order valence-corrected chi connectivity index (χ1v) is 8.35. The quantitative estimate of drug-likeness (QED) is 0.754. The van der Waals surface area contributed by atoms with E-state index in [2.05, 4.69) is 39.3 Å². The van der Waals surface area contributed by atoms with Crippen LogP contribution in [0.2, 0.25) is 0 Å². The van der Waals surface area contributed by atoms with E-state index in [1.807, 2.05) is 6.20 Å². The molecule has 0 radical (unpaired) electrons. The van der Waals surface area contributed by atoms with Crippen LogP contribution in [0.25, 0.3) is 10.9 Å². The van der Waals surface area contributed by atoms with E-state index in [1.54, 1.807) is 11.0 Å². The van der Waals surface area contributed by atoms with Gasteiger partial charge in [-0.3, -0.25) is 9.69 Å². The number of fused-ring (bicyclic) bond motifs is 1. The summed E-state index contributed by atoms with van der Waals surface area (Å²) in [6.07, 6.45) is 2.72. The number of hydrogen-bond donors (Lipinski definition) is 2. The van der Waals surface area contributed by atoms with Crippen molar-refractivity contribution >= 4 is 16.8 Å². The van der Waals surface area contributed by atoms with Crippen LogP contribution in [0.4, 0.5) is 0 Å². The fraction of sp³-hybridized carbons (Fsp3) is 0.333. The highest BCUT2D eigenvalue weighted by atomic mass is 16.5. The zero-order valence-corrected chi connectivity index (χ0v) is 13.8. The van der Waals surface area contributed by atoms with Gasteiger partial charge in [-0.05, 0) is 29.1 Å². The lowest BCUT2D eigenvalue weighted by molar-refractivity contribution is 0.0653. The summed E-state index contributed by atoms with van der Waals surface area (Å²) in [4.78, 5) is 19.4. The Morgan fingerprint density at radius 1 is 1.28 bits per heavy atom. The van der Waals surface area contributed by atoms with Crippen molar-refractivity contribution in [2.45, 2.75) is 12.6 Å². The maximum atomic E-state index is 12.4. The van der Waals surface area contributed by atoms with Crippen LogP contribution in [0.3, 0.4) is 0 Å². The monoisotopic (exact) mass is 340 g/mol. The number of carbonyl (C=O) groups excluding carboxylic acids is 1. The number of β-amino-alcohol motifs (C(OH)–C–C–N with tert-alkyl or cyclic N) is 1. The van der Waals surface area contributed by atoms with Crippen molar-refractivity contribution in [1.82, 2.24) is 19.9 Å². The summed E-state index contributed by atoms with van der Waals surface area (Å²) in [6.45, 7) is 2.83. The molecule has 2 N–H and O–H groups in total. The molecule has 7 nitrogen and oxygen atoms in total. The molecule has 0 spiro atoms. The Morgan fingerprint density at radius 2 is 2.20 bits per heavy atom. The van der Waals surface area contributed by atoms with Crippen molar-refractivity contribution in [2.75, 3.05) is 26.2 Å². The number of hydrogen-bond acceptors (Lipinski definition) is 5. The van der Waals surface area contributed by atoms with Crippen LogP contribution in [0.15, 0.2) is 47.3 Å². The van der Waals surface area contributed by atoms with Gasteiger partial charge in [0.1, 0.15) is 6.26 Å². The van der Waals surface area contributed by atoms with Gasteiger partial charge in [0.2, 0.25) is 0 Å². The molecular formula is C18H20N4O3. The largest absolute Gasteiger partial charge is 0.390 e. The molecule has 3 aromatic rings. The minimum Gasteiger partial charge on any atom is -0.390 e. The minimum absolute atomic E-state index is 0.205. The zero-order chi connectivity index (χ0) is 17.2. The van der Waals surface area contributed by atoms with E-state index in [4.69, 9.17) is 4.52 Å². The summed E-state index contributed by atoms with van der Waals surface area (Å²) < 4.78 is 4.74. The summed E-state index contributed by atoms with van der Waals surface area (Å²) in [5.41, 5.74) is 2.58. The Hall–Kier alpha value is -2.64. The fourth-order valence-electron chi connectivity index (χ4n) is 3.33. The molecule has 1 aliphatic heterocycles. The van der Waals surface area contributed by atoms with Gasteiger partial charge in [-0.1, -0.05) is 11.2 Å². The van der Waals surface area contributed by atoms with Crippen LogP contribution < -0.4 is 0 Å². The number of benzene rings is 1. The number of aromatic nitrogens is 2. The van der Waals surface area contributed by atoms with Gasteiger partial charge in [-0.2, -0.15) is 0 Å². The van der Waals surface area contributed by atoms with Crippen LogP contribution in [0, 0.1) is 0 Å². The summed E-state index contributed by atoms with van der Waals surface area (Å²) in [7, 11) is 0. The molecule has 0 aliphatic carbocycles. The van der Waals surface area contributed by atoms with E-state index in [-0.39, 0.29) is 11.6 Å². The van der Waals surface area contributed by atoms with Crippen molar-refractivity contribution in [1.29, 1.82) is 0 Å². The highest BCUT2D eigenvalue weighted by Gasteiger charge is 2.26. The molecule has 7 heteroatoms. The molecule has 130 valence electrons. The standard InChI is InChI=1S/C18H20N4O3/c23-15-11-21(10-13-1-2-16-14(9-13)3-5-19-16)6-7-22(12-15)18(24)17-4-8-25-20-17/h1-5,8-9,15,19,23H,6-7,10-12H2/t15-/m0/s1. The number of carbonyl (C=O) groups is 1. The average molecular weight is 340 g/mol. The number of amides is 1. The molecule has 4 rings (SSSR count).